The van der Waals surface area contributed by atoms with Crippen LogP contribution in [-0.2, 0) is 12.8 Å². The number of aryl methyl sites for hydroxylation is 1. The van der Waals surface area contributed by atoms with E-state index in [0.717, 1.165) is 49.7 Å². The van der Waals surface area contributed by atoms with Gasteiger partial charge in [0, 0.05) is 35.9 Å². The van der Waals surface area contributed by atoms with Gasteiger partial charge in [0.05, 0.1) is 0 Å². The highest BCUT2D eigenvalue weighted by atomic mass is 14.7. The van der Waals surface area contributed by atoms with E-state index in [4.69, 9.17) is 11.5 Å². The molecule has 2 nitrogen and oxygen atoms in total. The van der Waals surface area contributed by atoms with Gasteiger partial charge in [-0.2, -0.15) is 0 Å². The van der Waals surface area contributed by atoms with Crippen molar-refractivity contribution in [1.29, 1.82) is 0 Å². The van der Waals surface area contributed by atoms with Crippen LogP contribution in [-0.4, -0.2) is 12.6 Å². The van der Waals surface area contributed by atoms with Gasteiger partial charge in [-0.3, -0.25) is 0 Å². The van der Waals surface area contributed by atoms with E-state index in [1.54, 1.807) is 0 Å². The smallest absolute Gasteiger partial charge is 0.0344 e. The van der Waals surface area contributed by atoms with Gasteiger partial charge in [0.2, 0.25) is 0 Å². The van der Waals surface area contributed by atoms with Crippen LogP contribution in [0, 0.1) is 23.7 Å². The Labute approximate surface area is 205 Å². The summed E-state index contributed by atoms with van der Waals surface area (Å²) >= 11 is 0. The van der Waals surface area contributed by atoms with Crippen molar-refractivity contribution in [3.63, 3.8) is 0 Å². The summed E-state index contributed by atoms with van der Waals surface area (Å²) in [4.78, 5) is 0. The van der Waals surface area contributed by atoms with Crippen LogP contribution in [0.4, 0.5) is 0 Å². The van der Waals surface area contributed by atoms with E-state index in [0.29, 0.717) is 6.54 Å². The van der Waals surface area contributed by atoms with E-state index >= 15 is 0 Å². The Bertz CT molecular complexity index is 1140. The highest BCUT2D eigenvalue weighted by molar-refractivity contribution is 5.40. The fourth-order valence-electron chi connectivity index (χ4n) is 4.13. The third-order valence-corrected chi connectivity index (χ3v) is 5.98. The second-order valence-corrected chi connectivity index (χ2v) is 8.73. The van der Waals surface area contributed by atoms with Crippen LogP contribution >= 0.6 is 0 Å². The Morgan fingerprint density at radius 1 is 0.765 bits per heavy atom. The number of unbranched alkanes of at least 4 members (excludes halogenated alkanes) is 1. The summed E-state index contributed by atoms with van der Waals surface area (Å²) in [5, 5.41) is 0. The molecule has 0 bridgehead atoms. The van der Waals surface area contributed by atoms with Gasteiger partial charge in [-0.1, -0.05) is 85.2 Å². The molecule has 34 heavy (non-hydrogen) atoms. The van der Waals surface area contributed by atoms with E-state index in [1.807, 2.05) is 6.07 Å². The lowest BCUT2D eigenvalue weighted by atomic mass is 9.85. The van der Waals surface area contributed by atoms with Crippen LogP contribution < -0.4 is 11.5 Å². The van der Waals surface area contributed by atoms with Crippen molar-refractivity contribution in [2.75, 3.05) is 6.54 Å². The molecule has 0 saturated heterocycles. The Morgan fingerprint density at radius 2 is 1.47 bits per heavy atom. The average Bonchev–Trinajstić information content (AvgIpc) is 2.87. The third kappa shape index (κ3) is 8.24. The maximum absolute atomic E-state index is 6.72. The van der Waals surface area contributed by atoms with Crippen LogP contribution in [0.5, 0.6) is 0 Å². The fourth-order valence-corrected chi connectivity index (χ4v) is 4.13. The standard InChI is InChI=1S/C32H36N2/c1-2-3-5-13-28-18-10-19-30(25-28)31(22-23-33)32(34)21-20-29-17-9-16-27(24-29)15-8-14-26-11-6-4-7-12-26/h4,6-7,9-12,16-19,24-25,31-32H,2-3,14,20-23,33-34H2,1H3. The van der Waals surface area contributed by atoms with Crippen LogP contribution in [0.25, 0.3) is 0 Å². The molecule has 0 aliphatic heterocycles. The van der Waals surface area contributed by atoms with Crippen LogP contribution in [0.15, 0.2) is 78.9 Å². The molecule has 2 unspecified atom stereocenters. The molecule has 0 fully saturated rings. The van der Waals surface area contributed by atoms with Crippen molar-refractivity contribution in [3.8, 4) is 23.7 Å². The van der Waals surface area contributed by atoms with E-state index in [9.17, 15) is 0 Å². The number of hydrogen-bond donors (Lipinski definition) is 2. The maximum Gasteiger partial charge on any atom is 0.0344 e. The molecule has 0 saturated carbocycles. The van der Waals surface area contributed by atoms with E-state index in [-0.39, 0.29) is 12.0 Å². The average molecular weight is 449 g/mol. The van der Waals surface area contributed by atoms with Crippen molar-refractivity contribution < 1.29 is 0 Å². The van der Waals surface area contributed by atoms with Crippen molar-refractivity contribution in [2.45, 2.75) is 57.4 Å². The molecule has 3 rings (SSSR count). The highest BCUT2D eigenvalue weighted by Crippen LogP contribution is 2.26. The second kappa shape index (κ2) is 14.1. The van der Waals surface area contributed by atoms with Crippen molar-refractivity contribution in [3.05, 3.63) is 107 Å². The first-order valence-electron chi connectivity index (χ1n) is 12.4. The van der Waals surface area contributed by atoms with Gasteiger partial charge in [0.15, 0.2) is 0 Å². The van der Waals surface area contributed by atoms with Gasteiger partial charge in [0.25, 0.3) is 0 Å². The zero-order chi connectivity index (χ0) is 24.0. The second-order valence-electron chi connectivity index (χ2n) is 8.73. The summed E-state index contributed by atoms with van der Waals surface area (Å²) in [5.74, 6) is 13.3. The Kier molecular flexibility index (Phi) is 10.5. The molecule has 0 radical (unpaired) electrons. The largest absolute Gasteiger partial charge is 0.330 e. The lowest BCUT2D eigenvalue weighted by molar-refractivity contribution is 0.477. The van der Waals surface area contributed by atoms with Gasteiger partial charge in [-0.05, 0) is 73.2 Å². The monoisotopic (exact) mass is 448 g/mol. The lowest BCUT2D eigenvalue weighted by Gasteiger charge is -2.24. The summed E-state index contributed by atoms with van der Waals surface area (Å²) < 4.78 is 0. The molecule has 2 heteroatoms. The number of rotatable bonds is 9. The molecule has 174 valence electrons. The number of benzene rings is 3. The molecule has 0 aromatic heterocycles. The van der Waals surface area contributed by atoms with Gasteiger partial charge in [-0.25, -0.2) is 0 Å². The molecule has 0 aliphatic rings. The number of hydrogen-bond acceptors (Lipinski definition) is 2. The first kappa shape index (κ1) is 25.3. The quantitative estimate of drug-likeness (QED) is 0.405. The molecule has 3 aromatic rings. The summed E-state index contributed by atoms with van der Waals surface area (Å²) in [7, 11) is 0. The van der Waals surface area contributed by atoms with Gasteiger partial charge in [-0.15, -0.1) is 0 Å². The first-order chi connectivity index (χ1) is 16.7. The Hall–Kier alpha value is -3.30. The van der Waals surface area contributed by atoms with Crippen molar-refractivity contribution in [1.82, 2.24) is 0 Å². The normalized spacial score (nSPS) is 12.1. The zero-order valence-electron chi connectivity index (χ0n) is 20.3. The minimum atomic E-state index is 0.0372. The Morgan fingerprint density at radius 3 is 2.24 bits per heavy atom. The minimum Gasteiger partial charge on any atom is -0.330 e. The fraction of sp³-hybridized carbons (Fsp3) is 0.312. The van der Waals surface area contributed by atoms with Crippen LogP contribution in [0.1, 0.15) is 66.3 Å². The topological polar surface area (TPSA) is 52.0 Å². The van der Waals surface area contributed by atoms with Crippen molar-refractivity contribution >= 4 is 0 Å². The molecule has 0 heterocycles. The molecule has 4 N–H and O–H groups in total. The zero-order valence-corrected chi connectivity index (χ0v) is 20.3. The molecule has 3 aromatic carbocycles. The lowest BCUT2D eigenvalue weighted by Crippen LogP contribution is -2.30. The summed E-state index contributed by atoms with van der Waals surface area (Å²) in [5.41, 5.74) is 18.5. The Balaban J connectivity index is 1.63. The summed E-state index contributed by atoms with van der Waals surface area (Å²) in [6.07, 6.45) is 5.46. The predicted octanol–water partition coefficient (Wildman–Crippen LogP) is 5.82. The van der Waals surface area contributed by atoms with E-state index < -0.39 is 0 Å². The molecule has 2 atom stereocenters. The molecule has 0 spiro atoms. The van der Waals surface area contributed by atoms with Crippen LogP contribution in [0.2, 0.25) is 0 Å². The predicted molar refractivity (Wildman–Crippen MR) is 144 cm³/mol. The SMILES string of the molecule is CCCC#Cc1cccc(C(CCN)C(N)CCc2cccc(C#CCc3ccccc3)c2)c1. The molecular weight excluding hydrogens is 412 g/mol. The highest BCUT2D eigenvalue weighted by Gasteiger charge is 2.19. The van der Waals surface area contributed by atoms with Gasteiger partial charge >= 0.3 is 0 Å². The first-order valence-corrected chi connectivity index (χ1v) is 12.4. The van der Waals surface area contributed by atoms with E-state index in [1.165, 1.54) is 16.7 Å². The van der Waals surface area contributed by atoms with E-state index in [2.05, 4.69) is 103 Å². The third-order valence-electron chi connectivity index (χ3n) is 5.98. The summed E-state index contributed by atoms with van der Waals surface area (Å²) in [6, 6.07) is 27.4. The molecule has 0 amide bonds. The summed E-state index contributed by atoms with van der Waals surface area (Å²) in [6.45, 7) is 2.77. The van der Waals surface area contributed by atoms with Gasteiger partial charge in [0.1, 0.15) is 0 Å². The maximum atomic E-state index is 6.72. The minimum absolute atomic E-state index is 0.0372. The van der Waals surface area contributed by atoms with Crippen LogP contribution in [0.3, 0.4) is 0 Å². The molecular formula is C32H36N2. The van der Waals surface area contributed by atoms with Crippen molar-refractivity contribution in [2.24, 2.45) is 11.5 Å². The number of nitrogens with two attached hydrogens (primary N) is 2. The molecule has 0 aliphatic carbocycles. The van der Waals surface area contributed by atoms with Gasteiger partial charge < -0.3 is 11.5 Å².